The lowest BCUT2D eigenvalue weighted by molar-refractivity contribution is -0.386. The van der Waals surface area contributed by atoms with E-state index in [4.69, 9.17) is 11.6 Å². The highest BCUT2D eigenvalue weighted by atomic mass is 35.5. The molecule has 1 rings (SSSR count). The second kappa shape index (κ2) is 3.61. The monoisotopic (exact) mass is 208 g/mol. The highest BCUT2D eigenvalue weighted by molar-refractivity contribution is 6.32. The minimum atomic E-state index is -2.95. The highest BCUT2D eigenvalue weighted by Gasteiger charge is 2.25. The molecule has 4 nitrogen and oxygen atoms in total. The average Bonchev–Trinajstić information content (AvgIpc) is 2.02. The SMILES string of the molecule is O=[N+]([O-])c1c(Cl)cncc1C(F)F. The molecule has 1 aromatic heterocycles. The number of pyridine rings is 1. The Morgan fingerprint density at radius 1 is 1.54 bits per heavy atom. The van der Waals surface area contributed by atoms with E-state index in [2.05, 4.69) is 4.98 Å². The van der Waals surface area contributed by atoms with Gasteiger partial charge in [-0.25, -0.2) is 8.78 Å². The minimum absolute atomic E-state index is 0.386. The fraction of sp³-hybridized carbons (Fsp3) is 0.167. The van der Waals surface area contributed by atoms with Crippen molar-refractivity contribution in [1.82, 2.24) is 4.98 Å². The summed E-state index contributed by atoms with van der Waals surface area (Å²) in [6.45, 7) is 0. The van der Waals surface area contributed by atoms with Crippen LogP contribution in [-0.4, -0.2) is 9.91 Å². The Balaban J connectivity index is 3.34. The van der Waals surface area contributed by atoms with Gasteiger partial charge in [-0.3, -0.25) is 15.1 Å². The number of nitrogens with zero attached hydrogens (tertiary/aromatic N) is 2. The van der Waals surface area contributed by atoms with Gasteiger partial charge in [0, 0.05) is 6.20 Å². The molecule has 0 bridgehead atoms. The van der Waals surface area contributed by atoms with Crippen molar-refractivity contribution in [3.05, 3.63) is 33.1 Å². The van der Waals surface area contributed by atoms with Crippen LogP contribution in [0.4, 0.5) is 14.5 Å². The van der Waals surface area contributed by atoms with Crippen LogP contribution >= 0.6 is 11.6 Å². The van der Waals surface area contributed by atoms with Crippen LogP contribution in [0.25, 0.3) is 0 Å². The Hall–Kier alpha value is -1.30. The van der Waals surface area contributed by atoms with E-state index in [1.54, 1.807) is 0 Å². The Morgan fingerprint density at radius 3 is 2.54 bits per heavy atom. The molecule has 0 saturated heterocycles. The number of halogens is 3. The van der Waals surface area contributed by atoms with Crippen molar-refractivity contribution in [1.29, 1.82) is 0 Å². The molecule has 0 aromatic carbocycles. The number of rotatable bonds is 2. The standard InChI is InChI=1S/C6H3ClF2N2O2/c7-4-2-10-1-3(6(8)9)5(4)11(12)13/h1-2,6H. The van der Waals surface area contributed by atoms with Crippen molar-refractivity contribution in [3.63, 3.8) is 0 Å². The summed E-state index contributed by atoms with van der Waals surface area (Å²) in [5.41, 5.74) is -1.55. The molecule has 0 saturated carbocycles. The highest BCUT2D eigenvalue weighted by Crippen LogP contribution is 2.33. The summed E-state index contributed by atoms with van der Waals surface area (Å²) in [5.74, 6) is 0. The lowest BCUT2D eigenvalue weighted by Crippen LogP contribution is -1.97. The number of alkyl halides is 2. The van der Waals surface area contributed by atoms with E-state index in [0.29, 0.717) is 0 Å². The third-order valence-corrected chi connectivity index (χ3v) is 1.60. The third kappa shape index (κ3) is 1.89. The Morgan fingerprint density at radius 2 is 2.15 bits per heavy atom. The molecule has 0 aliphatic rings. The number of hydrogen-bond acceptors (Lipinski definition) is 3. The fourth-order valence-corrected chi connectivity index (χ4v) is 1.03. The summed E-state index contributed by atoms with van der Waals surface area (Å²) in [6.07, 6.45) is -1.27. The molecule has 0 atom stereocenters. The maximum absolute atomic E-state index is 12.2. The Bertz CT molecular complexity index is 345. The zero-order valence-electron chi connectivity index (χ0n) is 6.08. The van der Waals surface area contributed by atoms with Crippen LogP contribution in [0.2, 0.25) is 5.02 Å². The Kier molecular flexibility index (Phi) is 2.72. The average molecular weight is 209 g/mol. The minimum Gasteiger partial charge on any atom is -0.262 e. The molecule has 1 aromatic rings. The number of nitro groups is 1. The van der Waals surface area contributed by atoms with Crippen LogP contribution < -0.4 is 0 Å². The summed E-state index contributed by atoms with van der Waals surface area (Å²) in [6, 6.07) is 0. The molecular weight excluding hydrogens is 206 g/mol. The van der Waals surface area contributed by atoms with E-state index in [1.165, 1.54) is 0 Å². The smallest absolute Gasteiger partial charge is 0.262 e. The van der Waals surface area contributed by atoms with E-state index in [1.807, 2.05) is 0 Å². The summed E-state index contributed by atoms with van der Waals surface area (Å²) < 4.78 is 24.3. The van der Waals surface area contributed by atoms with Crippen LogP contribution in [0.15, 0.2) is 12.4 Å². The second-order valence-electron chi connectivity index (χ2n) is 2.12. The van der Waals surface area contributed by atoms with E-state index in [-0.39, 0.29) is 5.02 Å². The zero-order chi connectivity index (χ0) is 10.0. The number of aromatic nitrogens is 1. The zero-order valence-corrected chi connectivity index (χ0v) is 6.83. The molecule has 70 valence electrons. The molecular formula is C6H3ClF2N2O2. The van der Waals surface area contributed by atoms with Crippen molar-refractivity contribution in [3.8, 4) is 0 Å². The van der Waals surface area contributed by atoms with E-state index in [9.17, 15) is 18.9 Å². The van der Waals surface area contributed by atoms with E-state index in [0.717, 1.165) is 12.4 Å². The van der Waals surface area contributed by atoms with Gasteiger partial charge in [-0.05, 0) is 0 Å². The summed E-state index contributed by atoms with van der Waals surface area (Å²) in [7, 11) is 0. The van der Waals surface area contributed by atoms with Gasteiger partial charge in [0.2, 0.25) is 0 Å². The van der Waals surface area contributed by atoms with Crippen molar-refractivity contribution < 1.29 is 13.7 Å². The van der Waals surface area contributed by atoms with E-state index < -0.39 is 22.6 Å². The number of hydrogen-bond donors (Lipinski definition) is 0. The van der Waals surface area contributed by atoms with Crippen LogP contribution in [0.3, 0.4) is 0 Å². The first-order chi connectivity index (χ1) is 6.04. The first-order valence-corrected chi connectivity index (χ1v) is 3.47. The lowest BCUT2D eigenvalue weighted by Gasteiger charge is -2.01. The van der Waals surface area contributed by atoms with Gasteiger partial charge in [0.15, 0.2) is 0 Å². The summed E-state index contributed by atoms with van der Waals surface area (Å²) >= 11 is 5.33. The molecule has 7 heteroatoms. The van der Waals surface area contributed by atoms with Gasteiger partial charge < -0.3 is 0 Å². The maximum atomic E-state index is 12.2. The first kappa shape index (κ1) is 9.79. The van der Waals surface area contributed by atoms with Gasteiger partial charge in [-0.15, -0.1) is 0 Å². The van der Waals surface area contributed by atoms with Crippen LogP contribution in [0.1, 0.15) is 12.0 Å². The second-order valence-corrected chi connectivity index (χ2v) is 2.52. The quantitative estimate of drug-likeness (QED) is 0.554. The van der Waals surface area contributed by atoms with E-state index >= 15 is 0 Å². The van der Waals surface area contributed by atoms with Crippen LogP contribution in [0.5, 0.6) is 0 Å². The van der Waals surface area contributed by atoms with Crippen LogP contribution in [-0.2, 0) is 0 Å². The van der Waals surface area contributed by atoms with Gasteiger partial charge in [0.1, 0.15) is 10.6 Å². The predicted molar refractivity (Wildman–Crippen MR) is 40.9 cm³/mol. The van der Waals surface area contributed by atoms with Gasteiger partial charge in [-0.1, -0.05) is 11.6 Å². The van der Waals surface area contributed by atoms with Gasteiger partial charge in [0.05, 0.1) is 11.1 Å². The van der Waals surface area contributed by atoms with Crippen molar-refractivity contribution in [2.24, 2.45) is 0 Å². The summed E-state index contributed by atoms with van der Waals surface area (Å²) in [4.78, 5) is 12.7. The fourth-order valence-electron chi connectivity index (χ4n) is 0.795. The summed E-state index contributed by atoms with van der Waals surface area (Å²) in [5, 5.41) is 9.92. The first-order valence-electron chi connectivity index (χ1n) is 3.10. The van der Waals surface area contributed by atoms with Crippen molar-refractivity contribution in [2.45, 2.75) is 6.43 Å². The van der Waals surface area contributed by atoms with Crippen molar-refractivity contribution >= 4 is 17.3 Å². The third-order valence-electron chi connectivity index (χ3n) is 1.32. The van der Waals surface area contributed by atoms with Crippen molar-refractivity contribution in [2.75, 3.05) is 0 Å². The van der Waals surface area contributed by atoms with Gasteiger partial charge >= 0.3 is 0 Å². The molecule has 0 amide bonds. The predicted octanol–water partition coefficient (Wildman–Crippen LogP) is 2.58. The maximum Gasteiger partial charge on any atom is 0.299 e. The molecule has 0 radical (unpaired) electrons. The molecule has 0 fully saturated rings. The van der Waals surface area contributed by atoms with Gasteiger partial charge in [-0.2, -0.15) is 0 Å². The molecule has 0 N–H and O–H groups in total. The molecule has 0 aliphatic heterocycles. The Labute approximate surface area is 76.3 Å². The normalized spacial score (nSPS) is 10.5. The molecule has 0 spiro atoms. The molecule has 13 heavy (non-hydrogen) atoms. The molecule has 0 unspecified atom stereocenters. The molecule has 1 heterocycles. The molecule has 0 aliphatic carbocycles. The van der Waals surface area contributed by atoms with Crippen LogP contribution in [0, 0.1) is 10.1 Å². The largest absolute Gasteiger partial charge is 0.299 e. The van der Waals surface area contributed by atoms with Gasteiger partial charge in [0.25, 0.3) is 12.1 Å². The topological polar surface area (TPSA) is 56.0 Å². The lowest BCUT2D eigenvalue weighted by atomic mass is 10.2.